The summed E-state index contributed by atoms with van der Waals surface area (Å²) in [5.41, 5.74) is 8.23. The van der Waals surface area contributed by atoms with E-state index in [1.807, 2.05) is 6.07 Å². The first-order valence-electron chi connectivity index (χ1n) is 5.64. The third-order valence-corrected chi connectivity index (χ3v) is 2.76. The van der Waals surface area contributed by atoms with Gasteiger partial charge in [0.05, 0.1) is 7.11 Å². The molecule has 16 heavy (non-hydrogen) atoms. The number of ether oxygens (including phenoxy) is 1. The molecule has 3 nitrogen and oxygen atoms in total. The molecule has 0 fully saturated rings. The first-order chi connectivity index (χ1) is 7.60. The second-order valence-electron chi connectivity index (χ2n) is 4.27. The van der Waals surface area contributed by atoms with Crippen molar-refractivity contribution < 1.29 is 9.84 Å². The minimum Gasteiger partial charge on any atom is -0.496 e. The van der Waals surface area contributed by atoms with Crippen molar-refractivity contribution in [1.82, 2.24) is 0 Å². The van der Waals surface area contributed by atoms with Crippen LogP contribution in [-0.4, -0.2) is 18.8 Å². The summed E-state index contributed by atoms with van der Waals surface area (Å²) in [7, 11) is 1.64. The third kappa shape index (κ3) is 2.97. The standard InChI is InChI=1S/C13H21NO2/c1-9(2)10-4-5-13(16-3)11(8-10)12(14)6-7-15/h4-5,8-9,12,15H,6-7,14H2,1-3H3/t12-/m0/s1. The molecule has 0 heterocycles. The van der Waals surface area contributed by atoms with Crippen LogP contribution < -0.4 is 10.5 Å². The van der Waals surface area contributed by atoms with Gasteiger partial charge < -0.3 is 15.6 Å². The van der Waals surface area contributed by atoms with Crippen LogP contribution in [0.3, 0.4) is 0 Å². The number of methoxy groups -OCH3 is 1. The summed E-state index contributed by atoms with van der Waals surface area (Å²) in [6.45, 7) is 4.38. The Morgan fingerprint density at radius 1 is 1.38 bits per heavy atom. The van der Waals surface area contributed by atoms with Crippen molar-refractivity contribution in [2.24, 2.45) is 5.73 Å². The lowest BCUT2D eigenvalue weighted by Crippen LogP contribution is -2.13. The Labute approximate surface area is 97.2 Å². The molecule has 0 aromatic heterocycles. The monoisotopic (exact) mass is 223 g/mol. The highest BCUT2D eigenvalue weighted by atomic mass is 16.5. The maximum atomic E-state index is 8.92. The Morgan fingerprint density at radius 2 is 2.06 bits per heavy atom. The summed E-state index contributed by atoms with van der Waals surface area (Å²) in [5.74, 6) is 1.26. The minimum atomic E-state index is -0.168. The third-order valence-electron chi connectivity index (χ3n) is 2.76. The fraction of sp³-hybridized carbons (Fsp3) is 0.538. The Hall–Kier alpha value is -1.06. The summed E-state index contributed by atoms with van der Waals surface area (Å²) in [6, 6.07) is 5.91. The van der Waals surface area contributed by atoms with Gasteiger partial charge in [-0.25, -0.2) is 0 Å². The molecule has 0 radical (unpaired) electrons. The van der Waals surface area contributed by atoms with Gasteiger partial charge in [-0.1, -0.05) is 26.0 Å². The number of nitrogens with two attached hydrogens (primary N) is 1. The van der Waals surface area contributed by atoms with Crippen molar-refractivity contribution in [3.63, 3.8) is 0 Å². The highest BCUT2D eigenvalue weighted by Crippen LogP contribution is 2.29. The van der Waals surface area contributed by atoms with Gasteiger partial charge in [0, 0.05) is 18.2 Å². The van der Waals surface area contributed by atoms with Crippen LogP contribution in [0.2, 0.25) is 0 Å². The number of hydrogen-bond acceptors (Lipinski definition) is 3. The summed E-state index contributed by atoms with van der Waals surface area (Å²) < 4.78 is 5.29. The highest BCUT2D eigenvalue weighted by molar-refractivity contribution is 5.40. The lowest BCUT2D eigenvalue weighted by atomic mass is 9.96. The smallest absolute Gasteiger partial charge is 0.123 e. The predicted molar refractivity (Wildman–Crippen MR) is 65.7 cm³/mol. The minimum absolute atomic E-state index is 0.0935. The maximum absolute atomic E-state index is 8.92. The molecule has 0 aliphatic carbocycles. The SMILES string of the molecule is COc1ccc(C(C)C)cc1[C@@H](N)CCO. The van der Waals surface area contributed by atoms with E-state index < -0.39 is 0 Å². The predicted octanol–water partition coefficient (Wildman–Crippen LogP) is 2.20. The lowest BCUT2D eigenvalue weighted by Gasteiger charge is -2.17. The second-order valence-corrected chi connectivity index (χ2v) is 4.27. The van der Waals surface area contributed by atoms with Crippen molar-refractivity contribution in [2.75, 3.05) is 13.7 Å². The van der Waals surface area contributed by atoms with Crippen molar-refractivity contribution in [1.29, 1.82) is 0 Å². The average molecular weight is 223 g/mol. The van der Waals surface area contributed by atoms with E-state index in [1.54, 1.807) is 7.11 Å². The zero-order valence-electron chi connectivity index (χ0n) is 10.2. The van der Waals surface area contributed by atoms with Crippen LogP contribution in [0.15, 0.2) is 18.2 Å². The van der Waals surface area contributed by atoms with Gasteiger partial charge in [-0.3, -0.25) is 0 Å². The molecular weight excluding hydrogens is 202 g/mol. The Balaban J connectivity index is 3.06. The summed E-state index contributed by atoms with van der Waals surface area (Å²) in [4.78, 5) is 0. The lowest BCUT2D eigenvalue weighted by molar-refractivity contribution is 0.275. The molecule has 0 amide bonds. The molecule has 1 aromatic rings. The van der Waals surface area contributed by atoms with E-state index in [4.69, 9.17) is 15.6 Å². The van der Waals surface area contributed by atoms with Gasteiger partial charge in [-0.05, 0) is 24.0 Å². The molecule has 0 unspecified atom stereocenters. The average Bonchev–Trinajstić information content (AvgIpc) is 2.28. The number of benzene rings is 1. The van der Waals surface area contributed by atoms with E-state index in [1.165, 1.54) is 5.56 Å². The molecule has 0 saturated heterocycles. The molecule has 3 N–H and O–H groups in total. The van der Waals surface area contributed by atoms with Gasteiger partial charge >= 0.3 is 0 Å². The Bertz CT molecular complexity index is 337. The molecule has 0 bridgehead atoms. The molecule has 1 rings (SSSR count). The van der Waals surface area contributed by atoms with E-state index in [2.05, 4.69) is 26.0 Å². The highest BCUT2D eigenvalue weighted by Gasteiger charge is 2.13. The fourth-order valence-electron chi connectivity index (χ4n) is 1.70. The van der Waals surface area contributed by atoms with Crippen molar-refractivity contribution in [3.8, 4) is 5.75 Å². The first kappa shape index (κ1) is 13.0. The van der Waals surface area contributed by atoms with Crippen LogP contribution in [-0.2, 0) is 0 Å². The van der Waals surface area contributed by atoms with Gasteiger partial charge in [0.15, 0.2) is 0 Å². The molecule has 3 heteroatoms. The second kappa shape index (κ2) is 5.87. The number of aliphatic hydroxyl groups excluding tert-OH is 1. The summed E-state index contributed by atoms with van der Waals surface area (Å²) >= 11 is 0. The van der Waals surface area contributed by atoms with Gasteiger partial charge in [0.25, 0.3) is 0 Å². The van der Waals surface area contributed by atoms with Crippen LogP contribution in [0.25, 0.3) is 0 Å². The molecular formula is C13H21NO2. The maximum Gasteiger partial charge on any atom is 0.123 e. The Morgan fingerprint density at radius 3 is 2.56 bits per heavy atom. The van der Waals surface area contributed by atoms with Gasteiger partial charge in [0.1, 0.15) is 5.75 Å². The van der Waals surface area contributed by atoms with Gasteiger partial charge in [-0.2, -0.15) is 0 Å². The molecule has 90 valence electrons. The van der Waals surface area contributed by atoms with Crippen LogP contribution in [0, 0.1) is 0 Å². The largest absolute Gasteiger partial charge is 0.496 e. The Kier molecular flexibility index (Phi) is 4.77. The molecule has 0 saturated carbocycles. The van der Waals surface area contributed by atoms with E-state index in [0.29, 0.717) is 12.3 Å². The van der Waals surface area contributed by atoms with Gasteiger partial charge in [0.2, 0.25) is 0 Å². The van der Waals surface area contributed by atoms with E-state index in [9.17, 15) is 0 Å². The van der Waals surface area contributed by atoms with Crippen LogP contribution in [0.1, 0.15) is 43.4 Å². The van der Waals surface area contributed by atoms with Crippen molar-refractivity contribution >= 4 is 0 Å². The van der Waals surface area contributed by atoms with E-state index in [-0.39, 0.29) is 12.6 Å². The zero-order chi connectivity index (χ0) is 12.1. The molecule has 0 aliphatic heterocycles. The topological polar surface area (TPSA) is 55.5 Å². The number of aliphatic hydroxyl groups is 1. The number of hydrogen-bond donors (Lipinski definition) is 2. The van der Waals surface area contributed by atoms with E-state index >= 15 is 0 Å². The first-order valence-corrected chi connectivity index (χ1v) is 5.64. The zero-order valence-corrected chi connectivity index (χ0v) is 10.2. The van der Waals surface area contributed by atoms with E-state index in [0.717, 1.165) is 11.3 Å². The number of rotatable bonds is 5. The fourth-order valence-corrected chi connectivity index (χ4v) is 1.70. The normalized spacial score (nSPS) is 12.9. The van der Waals surface area contributed by atoms with Crippen LogP contribution >= 0.6 is 0 Å². The van der Waals surface area contributed by atoms with Gasteiger partial charge in [-0.15, -0.1) is 0 Å². The van der Waals surface area contributed by atoms with Crippen molar-refractivity contribution in [2.45, 2.75) is 32.2 Å². The molecule has 0 aliphatic rings. The molecule has 1 atom stereocenters. The quantitative estimate of drug-likeness (QED) is 0.804. The van der Waals surface area contributed by atoms with Crippen molar-refractivity contribution in [3.05, 3.63) is 29.3 Å². The van der Waals surface area contributed by atoms with Crippen LogP contribution in [0.4, 0.5) is 0 Å². The van der Waals surface area contributed by atoms with Crippen LogP contribution in [0.5, 0.6) is 5.75 Å². The molecule has 0 spiro atoms. The summed E-state index contributed by atoms with van der Waals surface area (Å²) in [5, 5.41) is 8.92. The summed E-state index contributed by atoms with van der Waals surface area (Å²) in [6.07, 6.45) is 0.553. The molecule has 1 aromatic carbocycles.